The monoisotopic (exact) mass is 294 g/mol. The van der Waals surface area contributed by atoms with Crippen molar-refractivity contribution in [1.29, 1.82) is 0 Å². The number of carbonyl (C=O) groups excluding carboxylic acids is 1. The molecule has 3 rings (SSSR count). The van der Waals surface area contributed by atoms with E-state index < -0.39 is 5.97 Å². The average Bonchev–Trinajstić information content (AvgIpc) is 2.91. The zero-order valence-corrected chi connectivity index (χ0v) is 12.6. The van der Waals surface area contributed by atoms with Crippen LogP contribution >= 0.6 is 0 Å². The van der Waals surface area contributed by atoms with Crippen molar-refractivity contribution >= 4 is 11.9 Å². The maximum absolute atomic E-state index is 12.5. The van der Waals surface area contributed by atoms with Crippen molar-refractivity contribution in [1.82, 2.24) is 10.2 Å². The topological polar surface area (TPSA) is 69.6 Å². The molecule has 0 radical (unpaired) electrons. The lowest BCUT2D eigenvalue weighted by Gasteiger charge is -2.33. The fourth-order valence-electron chi connectivity index (χ4n) is 4.37. The first-order valence-corrected chi connectivity index (χ1v) is 8.42. The molecule has 5 nitrogen and oxygen atoms in total. The number of amides is 1. The Morgan fingerprint density at radius 2 is 1.76 bits per heavy atom. The van der Waals surface area contributed by atoms with Crippen LogP contribution in [-0.2, 0) is 9.59 Å². The molecular weight excluding hydrogens is 268 g/mol. The molecule has 4 atom stereocenters. The summed E-state index contributed by atoms with van der Waals surface area (Å²) >= 11 is 0. The number of carbonyl (C=O) groups is 2. The van der Waals surface area contributed by atoms with Crippen LogP contribution in [0, 0.1) is 11.8 Å². The molecule has 21 heavy (non-hydrogen) atoms. The molecule has 1 saturated carbocycles. The van der Waals surface area contributed by atoms with Gasteiger partial charge in [-0.1, -0.05) is 12.8 Å². The molecule has 3 fully saturated rings. The first-order valence-electron chi connectivity index (χ1n) is 8.42. The number of carboxylic acid groups (broad SMARTS) is 1. The Morgan fingerprint density at radius 3 is 2.57 bits per heavy atom. The summed E-state index contributed by atoms with van der Waals surface area (Å²) in [6.07, 6.45) is 7.71. The summed E-state index contributed by atoms with van der Waals surface area (Å²) in [6, 6.07) is 0.796. The Bertz CT molecular complexity index is 412. The number of piperidine rings is 1. The minimum atomic E-state index is -0.744. The molecular formula is C16H26N2O3. The van der Waals surface area contributed by atoms with Crippen molar-refractivity contribution in [3.8, 4) is 0 Å². The second-order valence-corrected chi connectivity index (χ2v) is 6.90. The summed E-state index contributed by atoms with van der Waals surface area (Å²) in [4.78, 5) is 26.1. The van der Waals surface area contributed by atoms with Crippen LogP contribution in [0.5, 0.6) is 0 Å². The summed E-state index contributed by atoms with van der Waals surface area (Å²) in [5, 5.41) is 12.4. The Hall–Kier alpha value is -1.10. The molecule has 2 N–H and O–H groups in total. The van der Waals surface area contributed by atoms with Crippen LogP contribution in [0.4, 0.5) is 0 Å². The molecule has 2 saturated heterocycles. The molecule has 3 aliphatic rings. The predicted octanol–water partition coefficient (Wildman–Crippen LogP) is 1.62. The van der Waals surface area contributed by atoms with E-state index in [2.05, 4.69) is 10.2 Å². The summed E-state index contributed by atoms with van der Waals surface area (Å²) in [5.41, 5.74) is 0. The zero-order chi connectivity index (χ0) is 14.8. The molecule has 1 aliphatic carbocycles. The van der Waals surface area contributed by atoms with Gasteiger partial charge in [0.25, 0.3) is 0 Å². The lowest BCUT2D eigenvalue weighted by atomic mass is 9.81. The van der Waals surface area contributed by atoms with Gasteiger partial charge in [-0.25, -0.2) is 0 Å². The molecule has 1 amide bonds. The second kappa shape index (κ2) is 6.34. The van der Waals surface area contributed by atoms with E-state index in [-0.39, 0.29) is 23.8 Å². The average molecular weight is 294 g/mol. The quantitative estimate of drug-likeness (QED) is 0.830. The highest BCUT2D eigenvalue weighted by Gasteiger charge is 2.38. The number of nitrogens with one attached hydrogen (secondary N) is 1. The highest BCUT2D eigenvalue weighted by Crippen LogP contribution is 2.31. The number of aliphatic carboxylic acids is 1. The van der Waals surface area contributed by atoms with Gasteiger partial charge in [-0.15, -0.1) is 0 Å². The molecule has 0 aromatic heterocycles. The summed E-state index contributed by atoms with van der Waals surface area (Å²) in [6.45, 7) is 2.26. The van der Waals surface area contributed by atoms with E-state index in [9.17, 15) is 9.59 Å². The van der Waals surface area contributed by atoms with Crippen LogP contribution in [0.15, 0.2) is 0 Å². The van der Waals surface area contributed by atoms with Crippen LogP contribution in [-0.4, -0.2) is 47.1 Å². The maximum atomic E-state index is 12.5. The molecule has 0 bridgehead atoms. The molecule has 2 heterocycles. The van der Waals surface area contributed by atoms with E-state index in [1.54, 1.807) is 0 Å². The van der Waals surface area contributed by atoms with Crippen LogP contribution < -0.4 is 5.32 Å². The number of nitrogens with zero attached hydrogens (tertiary/aromatic N) is 1. The molecule has 2 aliphatic heterocycles. The SMILES string of the molecule is O=C(O)C1CCCC(C(=O)NC2CCN3CCCCC23)C1. The van der Waals surface area contributed by atoms with Crippen molar-refractivity contribution < 1.29 is 14.7 Å². The smallest absolute Gasteiger partial charge is 0.306 e. The van der Waals surface area contributed by atoms with E-state index >= 15 is 0 Å². The molecule has 5 heteroatoms. The molecule has 0 aromatic carbocycles. The molecule has 4 unspecified atom stereocenters. The van der Waals surface area contributed by atoms with Gasteiger partial charge in [0.15, 0.2) is 0 Å². The molecule has 0 aromatic rings. The number of hydrogen-bond acceptors (Lipinski definition) is 3. The Labute approximate surface area is 126 Å². The highest BCUT2D eigenvalue weighted by molar-refractivity contribution is 5.80. The van der Waals surface area contributed by atoms with Gasteiger partial charge in [0.1, 0.15) is 0 Å². The number of rotatable bonds is 3. The summed E-state index contributed by atoms with van der Waals surface area (Å²) in [5.74, 6) is -1.08. The van der Waals surface area contributed by atoms with Gasteiger partial charge in [-0.3, -0.25) is 14.5 Å². The number of carboxylic acids is 1. The number of fused-ring (bicyclic) bond motifs is 1. The predicted molar refractivity (Wildman–Crippen MR) is 78.8 cm³/mol. The lowest BCUT2D eigenvalue weighted by molar-refractivity contribution is -0.144. The third kappa shape index (κ3) is 3.23. The van der Waals surface area contributed by atoms with Crippen molar-refractivity contribution in [3.05, 3.63) is 0 Å². The van der Waals surface area contributed by atoms with Crippen molar-refractivity contribution in [2.45, 2.75) is 63.5 Å². The summed E-state index contributed by atoms with van der Waals surface area (Å²) < 4.78 is 0. The number of hydrogen-bond donors (Lipinski definition) is 2. The lowest BCUT2D eigenvalue weighted by Crippen LogP contribution is -2.48. The van der Waals surface area contributed by atoms with Crippen LogP contribution in [0.3, 0.4) is 0 Å². The molecule has 0 spiro atoms. The van der Waals surface area contributed by atoms with E-state index in [4.69, 9.17) is 5.11 Å². The minimum Gasteiger partial charge on any atom is -0.481 e. The van der Waals surface area contributed by atoms with Gasteiger partial charge < -0.3 is 10.4 Å². The van der Waals surface area contributed by atoms with E-state index in [1.807, 2.05) is 0 Å². The van der Waals surface area contributed by atoms with Crippen molar-refractivity contribution in [3.63, 3.8) is 0 Å². The fourth-order valence-corrected chi connectivity index (χ4v) is 4.37. The van der Waals surface area contributed by atoms with E-state index in [0.717, 1.165) is 32.2 Å². The first-order chi connectivity index (χ1) is 10.1. The Balaban J connectivity index is 1.55. The van der Waals surface area contributed by atoms with E-state index in [0.29, 0.717) is 12.5 Å². The normalized spacial score (nSPS) is 37.0. The third-order valence-corrected chi connectivity index (χ3v) is 5.58. The van der Waals surface area contributed by atoms with Gasteiger partial charge in [0, 0.05) is 24.5 Å². The van der Waals surface area contributed by atoms with Crippen molar-refractivity contribution in [2.24, 2.45) is 11.8 Å². The van der Waals surface area contributed by atoms with Gasteiger partial charge in [-0.2, -0.15) is 0 Å². The van der Waals surface area contributed by atoms with E-state index in [1.165, 1.54) is 25.8 Å². The standard InChI is InChI=1S/C16H26N2O3/c19-15(11-4-3-5-12(10-11)16(20)21)17-13-7-9-18-8-2-1-6-14(13)18/h11-14H,1-10H2,(H,17,19)(H,20,21). The third-order valence-electron chi connectivity index (χ3n) is 5.58. The minimum absolute atomic E-state index is 0.0957. The van der Waals surface area contributed by atoms with Gasteiger partial charge in [-0.05, 0) is 45.1 Å². The van der Waals surface area contributed by atoms with Gasteiger partial charge in [0.2, 0.25) is 5.91 Å². The molecule has 118 valence electrons. The summed E-state index contributed by atoms with van der Waals surface area (Å²) in [7, 11) is 0. The van der Waals surface area contributed by atoms with Crippen LogP contribution in [0.2, 0.25) is 0 Å². The largest absolute Gasteiger partial charge is 0.481 e. The Morgan fingerprint density at radius 1 is 0.952 bits per heavy atom. The zero-order valence-electron chi connectivity index (χ0n) is 12.6. The highest BCUT2D eigenvalue weighted by atomic mass is 16.4. The van der Waals surface area contributed by atoms with Gasteiger partial charge in [0.05, 0.1) is 5.92 Å². The maximum Gasteiger partial charge on any atom is 0.306 e. The Kier molecular flexibility index (Phi) is 4.48. The van der Waals surface area contributed by atoms with Gasteiger partial charge >= 0.3 is 5.97 Å². The first kappa shape index (κ1) is 14.8. The fraction of sp³-hybridized carbons (Fsp3) is 0.875. The van der Waals surface area contributed by atoms with Crippen LogP contribution in [0.25, 0.3) is 0 Å². The van der Waals surface area contributed by atoms with Crippen LogP contribution in [0.1, 0.15) is 51.4 Å². The second-order valence-electron chi connectivity index (χ2n) is 6.90. The van der Waals surface area contributed by atoms with Crippen molar-refractivity contribution in [2.75, 3.05) is 13.1 Å².